The van der Waals surface area contributed by atoms with Crippen molar-refractivity contribution in [3.05, 3.63) is 39.4 Å². The highest BCUT2D eigenvalue weighted by Crippen LogP contribution is 2.25. The van der Waals surface area contributed by atoms with Gasteiger partial charge in [0.2, 0.25) is 0 Å². The molecule has 3 rings (SSSR count). The van der Waals surface area contributed by atoms with E-state index in [-0.39, 0.29) is 29.6 Å². The summed E-state index contributed by atoms with van der Waals surface area (Å²) in [5, 5.41) is 14.6. The number of nitrogens with one attached hydrogen (secondary N) is 1. The molecule has 2 unspecified atom stereocenters. The van der Waals surface area contributed by atoms with Gasteiger partial charge in [0.05, 0.1) is 4.92 Å². The van der Waals surface area contributed by atoms with Gasteiger partial charge in [-0.3, -0.25) is 14.9 Å². The lowest BCUT2D eigenvalue weighted by atomic mass is 10.1. The van der Waals surface area contributed by atoms with Gasteiger partial charge in [-0.15, -0.1) is 12.4 Å². The van der Waals surface area contributed by atoms with Crippen molar-refractivity contribution < 1.29 is 9.72 Å². The van der Waals surface area contributed by atoms with Crippen molar-refractivity contribution in [2.45, 2.75) is 38.3 Å². The summed E-state index contributed by atoms with van der Waals surface area (Å²) in [6.07, 6.45) is 3.16. The minimum absolute atomic E-state index is 0. The highest BCUT2D eigenvalue weighted by molar-refractivity contribution is 5.98. The fraction of sp³-hybridized carbons (Fsp3) is 0.533. The molecule has 1 aromatic rings. The lowest BCUT2D eigenvalue weighted by Crippen LogP contribution is -2.39. The second kappa shape index (κ2) is 6.62. The van der Waals surface area contributed by atoms with Gasteiger partial charge in [-0.2, -0.15) is 0 Å². The molecule has 1 amide bonds. The summed E-state index contributed by atoms with van der Waals surface area (Å²) in [6, 6.07) is 5.52. The number of likely N-dealkylation sites (tertiary alicyclic amines) is 1. The Labute approximate surface area is 135 Å². The quantitative estimate of drug-likeness (QED) is 0.668. The first-order valence-corrected chi connectivity index (χ1v) is 7.35. The van der Waals surface area contributed by atoms with Gasteiger partial charge in [0.15, 0.2) is 0 Å². The van der Waals surface area contributed by atoms with Crippen LogP contribution in [0.25, 0.3) is 0 Å². The van der Waals surface area contributed by atoms with Gasteiger partial charge < -0.3 is 10.2 Å². The van der Waals surface area contributed by atoms with Crippen LogP contribution in [0.5, 0.6) is 0 Å². The first-order chi connectivity index (χ1) is 10.0. The van der Waals surface area contributed by atoms with Gasteiger partial charge in [0, 0.05) is 31.2 Å². The molecule has 0 aliphatic carbocycles. The van der Waals surface area contributed by atoms with E-state index in [0.717, 1.165) is 24.8 Å². The standard InChI is InChI=1S/C15H19N3O3.ClH/c1-10-2-5-14(18(20)21)13(8-10)15(19)17-7-6-11-3-4-12(9-17)16-11;/h2,5,8,11-12,16H,3-4,6-7,9H2,1H3;1H. The Morgan fingerprint density at radius 3 is 2.77 bits per heavy atom. The molecule has 2 bridgehead atoms. The third kappa shape index (κ3) is 3.23. The van der Waals surface area contributed by atoms with E-state index in [4.69, 9.17) is 0 Å². The molecule has 2 aliphatic rings. The van der Waals surface area contributed by atoms with Crippen LogP contribution in [0.2, 0.25) is 0 Å². The number of nitro groups is 1. The fourth-order valence-corrected chi connectivity index (χ4v) is 3.28. The van der Waals surface area contributed by atoms with E-state index in [1.807, 2.05) is 6.92 Å². The van der Waals surface area contributed by atoms with E-state index in [1.54, 1.807) is 17.0 Å². The largest absolute Gasteiger partial charge is 0.337 e. The van der Waals surface area contributed by atoms with Crippen molar-refractivity contribution in [1.82, 2.24) is 10.2 Å². The SMILES string of the molecule is Cc1ccc([N+](=O)[O-])c(C(=O)N2CCC3CCC(C2)N3)c1.Cl. The van der Waals surface area contributed by atoms with Crippen LogP contribution in [0.3, 0.4) is 0 Å². The molecule has 0 radical (unpaired) electrons. The first-order valence-electron chi connectivity index (χ1n) is 7.35. The number of fused-ring (bicyclic) bond motifs is 2. The third-order valence-electron chi connectivity index (χ3n) is 4.39. The summed E-state index contributed by atoms with van der Waals surface area (Å²) in [5.41, 5.74) is 0.962. The highest BCUT2D eigenvalue weighted by Gasteiger charge is 2.33. The molecular weight excluding hydrogens is 306 g/mol. The van der Waals surface area contributed by atoms with Crippen molar-refractivity contribution in [3.63, 3.8) is 0 Å². The Kier molecular flexibility index (Phi) is 5.03. The molecule has 0 spiro atoms. The summed E-state index contributed by atoms with van der Waals surface area (Å²) < 4.78 is 0. The number of halogens is 1. The van der Waals surface area contributed by atoms with Crippen molar-refractivity contribution in [1.29, 1.82) is 0 Å². The fourth-order valence-electron chi connectivity index (χ4n) is 3.28. The molecule has 2 heterocycles. The maximum atomic E-state index is 12.7. The Bertz CT molecular complexity index is 593. The molecular formula is C15H20ClN3O3. The lowest BCUT2D eigenvalue weighted by Gasteiger charge is -2.24. The van der Waals surface area contributed by atoms with Crippen molar-refractivity contribution in [2.24, 2.45) is 0 Å². The lowest BCUT2D eigenvalue weighted by molar-refractivity contribution is -0.385. The topological polar surface area (TPSA) is 75.5 Å². The average Bonchev–Trinajstić information content (AvgIpc) is 2.77. The van der Waals surface area contributed by atoms with Gasteiger partial charge >= 0.3 is 0 Å². The Hall–Kier alpha value is -1.66. The van der Waals surface area contributed by atoms with Crippen molar-refractivity contribution in [2.75, 3.05) is 13.1 Å². The molecule has 2 saturated heterocycles. The van der Waals surface area contributed by atoms with E-state index in [0.29, 0.717) is 25.2 Å². The molecule has 7 heteroatoms. The second-order valence-corrected chi connectivity index (χ2v) is 5.96. The Balaban J connectivity index is 0.00000176. The summed E-state index contributed by atoms with van der Waals surface area (Å²) in [4.78, 5) is 25.1. The molecule has 0 saturated carbocycles. The average molecular weight is 326 g/mol. The number of nitrogens with zero attached hydrogens (tertiary/aromatic N) is 2. The predicted octanol–water partition coefficient (Wildman–Crippen LogP) is 2.29. The molecule has 0 aromatic heterocycles. The zero-order valence-corrected chi connectivity index (χ0v) is 13.3. The van der Waals surface area contributed by atoms with Crippen LogP contribution in [0.15, 0.2) is 18.2 Å². The van der Waals surface area contributed by atoms with Gasteiger partial charge in [-0.25, -0.2) is 0 Å². The highest BCUT2D eigenvalue weighted by atomic mass is 35.5. The van der Waals surface area contributed by atoms with Crippen molar-refractivity contribution in [3.8, 4) is 0 Å². The van der Waals surface area contributed by atoms with Crippen LogP contribution in [0.4, 0.5) is 5.69 Å². The third-order valence-corrected chi connectivity index (χ3v) is 4.39. The number of hydrogen-bond acceptors (Lipinski definition) is 4. The molecule has 2 fully saturated rings. The minimum atomic E-state index is -0.477. The maximum Gasteiger partial charge on any atom is 0.282 e. The summed E-state index contributed by atoms with van der Waals surface area (Å²) in [5.74, 6) is -0.222. The first kappa shape index (κ1) is 16.7. The number of rotatable bonds is 2. The normalized spacial score (nSPS) is 23.6. The molecule has 22 heavy (non-hydrogen) atoms. The summed E-state index contributed by atoms with van der Waals surface area (Å²) in [7, 11) is 0. The predicted molar refractivity (Wildman–Crippen MR) is 85.5 cm³/mol. The zero-order chi connectivity index (χ0) is 15.0. The number of nitro benzene ring substituents is 1. The molecule has 2 aliphatic heterocycles. The zero-order valence-electron chi connectivity index (χ0n) is 12.4. The molecule has 120 valence electrons. The monoisotopic (exact) mass is 325 g/mol. The van der Waals surface area contributed by atoms with Crippen molar-refractivity contribution >= 4 is 24.0 Å². The van der Waals surface area contributed by atoms with Gasteiger partial charge in [-0.05, 0) is 37.8 Å². The molecule has 6 nitrogen and oxygen atoms in total. The minimum Gasteiger partial charge on any atom is -0.337 e. The van der Waals surface area contributed by atoms with Gasteiger partial charge in [0.25, 0.3) is 11.6 Å². The van der Waals surface area contributed by atoms with Crippen LogP contribution >= 0.6 is 12.4 Å². The number of amides is 1. The molecule has 2 atom stereocenters. The summed E-state index contributed by atoms with van der Waals surface area (Å²) >= 11 is 0. The Morgan fingerprint density at radius 2 is 2.05 bits per heavy atom. The van der Waals surface area contributed by atoms with Crippen LogP contribution in [-0.4, -0.2) is 40.9 Å². The molecule has 1 N–H and O–H groups in total. The molecule has 1 aromatic carbocycles. The number of aryl methyl sites for hydroxylation is 1. The van der Waals surface area contributed by atoms with Crippen LogP contribution in [0.1, 0.15) is 35.2 Å². The number of hydrogen-bond donors (Lipinski definition) is 1. The van der Waals surface area contributed by atoms with Crippen LogP contribution in [0, 0.1) is 17.0 Å². The van der Waals surface area contributed by atoms with E-state index in [2.05, 4.69) is 5.32 Å². The maximum absolute atomic E-state index is 12.7. The Morgan fingerprint density at radius 1 is 1.32 bits per heavy atom. The van der Waals surface area contributed by atoms with Gasteiger partial charge in [-0.1, -0.05) is 6.07 Å². The van der Waals surface area contributed by atoms with E-state index < -0.39 is 4.92 Å². The van der Waals surface area contributed by atoms with Gasteiger partial charge in [0.1, 0.15) is 5.56 Å². The number of carbonyl (C=O) groups is 1. The van der Waals surface area contributed by atoms with Crippen LogP contribution in [-0.2, 0) is 0 Å². The van der Waals surface area contributed by atoms with E-state index >= 15 is 0 Å². The van der Waals surface area contributed by atoms with E-state index in [9.17, 15) is 14.9 Å². The summed E-state index contributed by atoms with van der Waals surface area (Å²) in [6.45, 7) is 3.14. The number of benzene rings is 1. The van der Waals surface area contributed by atoms with E-state index in [1.165, 1.54) is 6.07 Å². The smallest absolute Gasteiger partial charge is 0.282 e. The number of carbonyl (C=O) groups excluding carboxylic acids is 1. The van der Waals surface area contributed by atoms with Crippen LogP contribution < -0.4 is 5.32 Å². The second-order valence-electron chi connectivity index (χ2n) is 5.96.